The van der Waals surface area contributed by atoms with Crippen LogP contribution in [0.4, 0.5) is 0 Å². The number of hydrogen-bond acceptors (Lipinski definition) is 3. The number of amides is 1. The van der Waals surface area contributed by atoms with E-state index in [4.69, 9.17) is 11.6 Å². The summed E-state index contributed by atoms with van der Waals surface area (Å²) in [7, 11) is 0. The summed E-state index contributed by atoms with van der Waals surface area (Å²) in [5.41, 5.74) is 0.396. The third-order valence-electron chi connectivity index (χ3n) is 5.00. The van der Waals surface area contributed by atoms with Crippen LogP contribution in [0, 0.1) is 23.2 Å². The maximum atomic E-state index is 12.5. The highest BCUT2D eigenvalue weighted by atomic mass is 35.5. The van der Waals surface area contributed by atoms with Crippen LogP contribution in [-0.2, 0) is 11.2 Å². The second-order valence-corrected chi connectivity index (χ2v) is 8.01. The number of carbonyl (C=O) groups excluding carboxylic acids is 1. The van der Waals surface area contributed by atoms with Crippen LogP contribution in [0.15, 0.2) is 24.3 Å². The molecule has 136 valence electrons. The number of nitrogens with one attached hydrogen (secondary N) is 1. The van der Waals surface area contributed by atoms with E-state index in [1.807, 2.05) is 38.1 Å². The Morgan fingerprint density at radius 2 is 2.04 bits per heavy atom. The van der Waals surface area contributed by atoms with E-state index in [0.717, 1.165) is 24.5 Å². The molecule has 1 unspecified atom stereocenters. The van der Waals surface area contributed by atoms with Gasteiger partial charge in [-0.3, -0.25) is 9.69 Å². The third kappa shape index (κ3) is 6.34. The molecule has 25 heavy (non-hydrogen) atoms. The number of nitrogens with zero attached hydrogens (tertiary/aromatic N) is 2. The minimum atomic E-state index is -0.821. The molecule has 0 saturated heterocycles. The molecule has 0 bridgehead atoms. The second-order valence-electron chi connectivity index (χ2n) is 7.57. The molecular formula is C20H28ClN3O. The van der Waals surface area contributed by atoms with Crippen LogP contribution in [0.1, 0.15) is 39.2 Å². The Bertz CT molecular complexity index is 619. The molecule has 1 aromatic carbocycles. The van der Waals surface area contributed by atoms with E-state index in [9.17, 15) is 10.1 Å². The maximum Gasteiger partial charge on any atom is 0.235 e. The first kappa shape index (κ1) is 19.8. The van der Waals surface area contributed by atoms with Crippen LogP contribution in [0.2, 0.25) is 5.02 Å². The van der Waals surface area contributed by atoms with E-state index in [-0.39, 0.29) is 11.8 Å². The van der Waals surface area contributed by atoms with Gasteiger partial charge < -0.3 is 5.32 Å². The van der Waals surface area contributed by atoms with E-state index in [1.54, 1.807) is 6.92 Å². The molecule has 0 radical (unpaired) electrons. The Hall–Kier alpha value is -1.57. The first-order chi connectivity index (χ1) is 11.8. The van der Waals surface area contributed by atoms with Gasteiger partial charge in [-0.15, -0.1) is 0 Å². The zero-order chi connectivity index (χ0) is 18.4. The summed E-state index contributed by atoms with van der Waals surface area (Å²) >= 11 is 5.93. The van der Waals surface area contributed by atoms with Crippen LogP contribution in [0.3, 0.4) is 0 Å². The summed E-state index contributed by atoms with van der Waals surface area (Å²) in [5, 5.41) is 13.0. The largest absolute Gasteiger partial charge is 0.337 e. The van der Waals surface area contributed by atoms with Gasteiger partial charge in [0, 0.05) is 18.1 Å². The lowest BCUT2D eigenvalue weighted by Gasteiger charge is -2.29. The van der Waals surface area contributed by atoms with Crippen molar-refractivity contribution in [2.75, 3.05) is 19.6 Å². The quantitative estimate of drug-likeness (QED) is 0.730. The van der Waals surface area contributed by atoms with Gasteiger partial charge in [0.15, 0.2) is 0 Å². The van der Waals surface area contributed by atoms with Crippen molar-refractivity contribution in [1.82, 2.24) is 10.2 Å². The fourth-order valence-corrected chi connectivity index (χ4v) is 2.80. The third-order valence-corrected chi connectivity index (χ3v) is 5.25. The molecule has 1 saturated carbocycles. The molecule has 4 nitrogen and oxygen atoms in total. The van der Waals surface area contributed by atoms with Gasteiger partial charge in [-0.05, 0) is 55.7 Å². The molecule has 1 N–H and O–H groups in total. The number of nitriles is 1. The van der Waals surface area contributed by atoms with Gasteiger partial charge in [0.05, 0.1) is 12.6 Å². The molecule has 0 aromatic heterocycles. The lowest BCUT2D eigenvalue weighted by Crippen LogP contribution is -2.52. The van der Waals surface area contributed by atoms with Crippen molar-refractivity contribution in [2.24, 2.45) is 11.8 Å². The van der Waals surface area contributed by atoms with Crippen LogP contribution >= 0.6 is 11.6 Å². The second kappa shape index (κ2) is 8.69. The average Bonchev–Trinajstić information content (AvgIpc) is 3.37. The van der Waals surface area contributed by atoms with E-state index in [2.05, 4.69) is 16.3 Å². The highest BCUT2D eigenvalue weighted by Gasteiger charge is 2.31. The number of halogens is 1. The highest BCUT2D eigenvalue weighted by molar-refractivity contribution is 6.30. The summed E-state index contributed by atoms with van der Waals surface area (Å²) in [6.45, 7) is 7.81. The van der Waals surface area contributed by atoms with E-state index >= 15 is 0 Å². The van der Waals surface area contributed by atoms with Gasteiger partial charge in [0.1, 0.15) is 5.54 Å². The van der Waals surface area contributed by atoms with Crippen molar-refractivity contribution >= 4 is 17.5 Å². The van der Waals surface area contributed by atoms with Gasteiger partial charge in [-0.2, -0.15) is 5.26 Å². The molecule has 1 aromatic rings. The highest BCUT2D eigenvalue weighted by Crippen LogP contribution is 2.29. The summed E-state index contributed by atoms with van der Waals surface area (Å²) in [6.07, 6.45) is 3.39. The Morgan fingerprint density at radius 3 is 2.56 bits per heavy atom. The lowest BCUT2D eigenvalue weighted by molar-refractivity contribution is -0.123. The van der Waals surface area contributed by atoms with Crippen LogP contribution in [0.25, 0.3) is 0 Å². The van der Waals surface area contributed by atoms with E-state index in [1.165, 1.54) is 18.4 Å². The number of rotatable bonds is 9. The standard InChI is InChI=1S/C20H28ClN3O/c1-15(2)20(3,14-22)23-19(25)13-24(12-17-4-5-17)11-10-16-6-8-18(21)9-7-16/h6-9,15,17H,4-5,10-13H2,1-3H3,(H,23,25). The molecule has 0 heterocycles. The van der Waals surface area contributed by atoms with Crippen LogP contribution in [-0.4, -0.2) is 36.0 Å². The minimum Gasteiger partial charge on any atom is -0.337 e. The monoisotopic (exact) mass is 361 g/mol. The Labute approximate surface area is 156 Å². The first-order valence-corrected chi connectivity index (χ1v) is 9.39. The number of carbonyl (C=O) groups is 1. The number of hydrogen-bond donors (Lipinski definition) is 1. The fourth-order valence-electron chi connectivity index (χ4n) is 2.67. The van der Waals surface area contributed by atoms with Crippen molar-refractivity contribution < 1.29 is 4.79 Å². The summed E-state index contributed by atoms with van der Waals surface area (Å²) < 4.78 is 0. The molecular weight excluding hydrogens is 334 g/mol. The van der Waals surface area contributed by atoms with Crippen molar-refractivity contribution in [3.63, 3.8) is 0 Å². The smallest absolute Gasteiger partial charge is 0.235 e. The fraction of sp³-hybridized carbons (Fsp3) is 0.600. The zero-order valence-electron chi connectivity index (χ0n) is 15.4. The van der Waals surface area contributed by atoms with E-state index in [0.29, 0.717) is 12.5 Å². The van der Waals surface area contributed by atoms with Gasteiger partial charge >= 0.3 is 0 Å². The molecule has 1 atom stereocenters. The van der Waals surface area contributed by atoms with Gasteiger partial charge in [-0.25, -0.2) is 0 Å². The van der Waals surface area contributed by atoms with Crippen molar-refractivity contribution in [3.8, 4) is 6.07 Å². The molecule has 5 heteroatoms. The van der Waals surface area contributed by atoms with Gasteiger partial charge in [0.25, 0.3) is 0 Å². The van der Waals surface area contributed by atoms with Crippen LogP contribution in [0.5, 0.6) is 0 Å². The normalized spacial score (nSPS) is 16.5. The van der Waals surface area contributed by atoms with E-state index < -0.39 is 5.54 Å². The van der Waals surface area contributed by atoms with Crippen LogP contribution < -0.4 is 5.32 Å². The SMILES string of the molecule is CC(C)C(C)(C#N)NC(=O)CN(CCc1ccc(Cl)cc1)CC1CC1. The van der Waals surface area contributed by atoms with Crippen molar-refractivity contribution in [1.29, 1.82) is 5.26 Å². The molecule has 1 aliphatic carbocycles. The molecule has 1 aliphatic rings. The Kier molecular flexibility index (Phi) is 6.87. The van der Waals surface area contributed by atoms with Gasteiger partial charge in [-0.1, -0.05) is 37.6 Å². The lowest BCUT2D eigenvalue weighted by atomic mass is 9.90. The van der Waals surface area contributed by atoms with Crippen molar-refractivity contribution in [2.45, 2.75) is 45.6 Å². The molecule has 2 rings (SSSR count). The van der Waals surface area contributed by atoms with Gasteiger partial charge in [0.2, 0.25) is 5.91 Å². The molecule has 1 fully saturated rings. The topological polar surface area (TPSA) is 56.1 Å². The average molecular weight is 362 g/mol. The predicted molar refractivity (Wildman–Crippen MR) is 101 cm³/mol. The maximum absolute atomic E-state index is 12.5. The summed E-state index contributed by atoms with van der Waals surface area (Å²) in [4.78, 5) is 14.7. The zero-order valence-corrected chi connectivity index (χ0v) is 16.1. The van der Waals surface area contributed by atoms with Crippen molar-refractivity contribution in [3.05, 3.63) is 34.9 Å². The summed E-state index contributed by atoms with van der Waals surface area (Å²) in [5.74, 6) is 0.701. The Balaban J connectivity index is 1.91. The predicted octanol–water partition coefficient (Wildman–Crippen LogP) is 3.65. The number of benzene rings is 1. The first-order valence-electron chi connectivity index (χ1n) is 9.01. The Morgan fingerprint density at radius 1 is 1.40 bits per heavy atom. The molecule has 1 amide bonds. The summed E-state index contributed by atoms with van der Waals surface area (Å²) in [6, 6.07) is 10.1. The molecule has 0 aliphatic heterocycles. The molecule has 0 spiro atoms. The minimum absolute atomic E-state index is 0.0624.